The lowest BCUT2D eigenvalue weighted by Crippen LogP contribution is -2.22. The zero-order chi connectivity index (χ0) is 13.1. The van der Waals surface area contributed by atoms with Crippen LogP contribution in [0.1, 0.15) is 56.2 Å². The minimum absolute atomic E-state index is 0.570. The first-order valence-electron chi connectivity index (χ1n) is 6.98. The van der Waals surface area contributed by atoms with Gasteiger partial charge in [0.25, 0.3) is 0 Å². The lowest BCUT2D eigenvalue weighted by molar-refractivity contribution is 0.809. The third kappa shape index (κ3) is 2.74. The maximum Gasteiger partial charge on any atom is 0.101 e. The van der Waals surface area contributed by atoms with Crippen molar-refractivity contribution in [1.29, 1.82) is 0 Å². The lowest BCUT2D eigenvalue weighted by atomic mass is 9.87. The van der Waals surface area contributed by atoms with Crippen LogP contribution in [0.15, 0.2) is 23.2 Å². The summed E-state index contributed by atoms with van der Waals surface area (Å²) in [6.45, 7) is 11.0. The molecule has 1 aliphatic rings. The molecule has 1 heterocycles. The molecule has 2 nitrogen and oxygen atoms in total. The van der Waals surface area contributed by atoms with Crippen molar-refractivity contribution in [3.05, 3.63) is 34.9 Å². The smallest absolute Gasteiger partial charge is 0.101 e. The van der Waals surface area contributed by atoms with E-state index in [0.717, 1.165) is 25.3 Å². The van der Waals surface area contributed by atoms with Gasteiger partial charge in [0.2, 0.25) is 0 Å². The number of amidine groups is 1. The van der Waals surface area contributed by atoms with Gasteiger partial charge in [0.15, 0.2) is 0 Å². The Kier molecular flexibility index (Phi) is 4.05. The predicted octanol–water partition coefficient (Wildman–Crippen LogP) is 3.48. The lowest BCUT2D eigenvalue weighted by Gasteiger charge is -2.19. The SMILES string of the molecule is CC(C)c1cccc(C(C)C)c1CC1=NCCN1. The van der Waals surface area contributed by atoms with Gasteiger partial charge in [-0.1, -0.05) is 45.9 Å². The van der Waals surface area contributed by atoms with Crippen LogP contribution in [0.25, 0.3) is 0 Å². The van der Waals surface area contributed by atoms with E-state index in [0.29, 0.717) is 11.8 Å². The number of benzene rings is 1. The molecule has 0 spiro atoms. The van der Waals surface area contributed by atoms with Crippen molar-refractivity contribution in [2.45, 2.75) is 46.0 Å². The van der Waals surface area contributed by atoms with E-state index < -0.39 is 0 Å². The number of nitrogens with zero attached hydrogens (tertiary/aromatic N) is 1. The van der Waals surface area contributed by atoms with Crippen molar-refractivity contribution in [3.63, 3.8) is 0 Å². The van der Waals surface area contributed by atoms with Gasteiger partial charge in [0.1, 0.15) is 5.84 Å². The number of rotatable bonds is 4. The molecule has 98 valence electrons. The van der Waals surface area contributed by atoms with E-state index in [2.05, 4.69) is 56.2 Å². The highest BCUT2D eigenvalue weighted by molar-refractivity contribution is 5.86. The zero-order valence-electron chi connectivity index (χ0n) is 12.0. The monoisotopic (exact) mass is 244 g/mol. The molecule has 0 aromatic heterocycles. The molecule has 2 rings (SSSR count). The molecule has 0 radical (unpaired) electrons. The Morgan fingerprint density at radius 3 is 2.17 bits per heavy atom. The average molecular weight is 244 g/mol. The largest absolute Gasteiger partial charge is 0.372 e. The molecule has 0 saturated heterocycles. The van der Waals surface area contributed by atoms with Gasteiger partial charge < -0.3 is 5.32 Å². The van der Waals surface area contributed by atoms with E-state index in [1.165, 1.54) is 16.7 Å². The van der Waals surface area contributed by atoms with Crippen LogP contribution in [0.2, 0.25) is 0 Å². The van der Waals surface area contributed by atoms with Crippen LogP contribution >= 0.6 is 0 Å². The van der Waals surface area contributed by atoms with E-state index in [4.69, 9.17) is 0 Å². The van der Waals surface area contributed by atoms with Crippen molar-refractivity contribution in [2.75, 3.05) is 13.1 Å². The standard InChI is InChI=1S/C16H24N2/c1-11(2)13-6-5-7-14(12(3)4)15(13)10-16-17-8-9-18-16/h5-7,11-12H,8-10H2,1-4H3,(H,17,18). The van der Waals surface area contributed by atoms with Gasteiger partial charge in [-0.3, -0.25) is 4.99 Å². The highest BCUT2D eigenvalue weighted by Crippen LogP contribution is 2.28. The quantitative estimate of drug-likeness (QED) is 0.861. The fourth-order valence-electron chi connectivity index (χ4n) is 2.64. The molecule has 0 unspecified atom stereocenters. The first-order valence-corrected chi connectivity index (χ1v) is 6.98. The molecule has 18 heavy (non-hydrogen) atoms. The Balaban J connectivity index is 2.39. The van der Waals surface area contributed by atoms with Gasteiger partial charge in [-0.15, -0.1) is 0 Å². The molecule has 0 atom stereocenters. The van der Waals surface area contributed by atoms with Crippen LogP contribution in [-0.4, -0.2) is 18.9 Å². The summed E-state index contributed by atoms with van der Waals surface area (Å²) in [5.41, 5.74) is 4.42. The van der Waals surface area contributed by atoms with Crippen LogP contribution in [-0.2, 0) is 6.42 Å². The third-order valence-electron chi connectivity index (χ3n) is 3.58. The number of nitrogens with one attached hydrogen (secondary N) is 1. The molecule has 0 bridgehead atoms. The van der Waals surface area contributed by atoms with Gasteiger partial charge >= 0.3 is 0 Å². The second-order valence-electron chi connectivity index (χ2n) is 5.66. The van der Waals surface area contributed by atoms with Gasteiger partial charge in [0.05, 0.1) is 6.54 Å². The first-order chi connectivity index (χ1) is 8.59. The molecule has 0 saturated carbocycles. The highest BCUT2D eigenvalue weighted by atomic mass is 15.1. The summed E-state index contributed by atoms with van der Waals surface area (Å²) in [4.78, 5) is 4.54. The average Bonchev–Trinajstić information content (AvgIpc) is 2.81. The predicted molar refractivity (Wildman–Crippen MR) is 78.6 cm³/mol. The van der Waals surface area contributed by atoms with Crippen molar-refractivity contribution in [2.24, 2.45) is 4.99 Å². The number of hydrogen-bond donors (Lipinski definition) is 1. The summed E-state index contributed by atoms with van der Waals surface area (Å²) in [5, 5.41) is 3.39. The second-order valence-corrected chi connectivity index (χ2v) is 5.66. The fraction of sp³-hybridized carbons (Fsp3) is 0.562. The zero-order valence-corrected chi connectivity index (χ0v) is 12.0. The van der Waals surface area contributed by atoms with Crippen molar-refractivity contribution >= 4 is 5.84 Å². The van der Waals surface area contributed by atoms with Crippen LogP contribution in [0, 0.1) is 0 Å². The number of aliphatic imine (C=N–C) groups is 1. The Labute approximate surface area is 111 Å². The fourth-order valence-corrected chi connectivity index (χ4v) is 2.64. The Hall–Kier alpha value is -1.31. The summed E-state index contributed by atoms with van der Waals surface area (Å²) < 4.78 is 0. The summed E-state index contributed by atoms with van der Waals surface area (Å²) in [6, 6.07) is 6.72. The Morgan fingerprint density at radius 2 is 1.72 bits per heavy atom. The second kappa shape index (κ2) is 5.55. The summed E-state index contributed by atoms with van der Waals surface area (Å²) in [5.74, 6) is 2.30. The van der Waals surface area contributed by atoms with Crippen LogP contribution in [0.3, 0.4) is 0 Å². The molecule has 2 heteroatoms. The molecule has 0 fully saturated rings. The van der Waals surface area contributed by atoms with E-state index >= 15 is 0 Å². The van der Waals surface area contributed by atoms with Crippen LogP contribution < -0.4 is 5.32 Å². The molecular weight excluding hydrogens is 220 g/mol. The van der Waals surface area contributed by atoms with Crippen molar-refractivity contribution in [1.82, 2.24) is 5.32 Å². The summed E-state index contributed by atoms with van der Waals surface area (Å²) in [7, 11) is 0. The maximum absolute atomic E-state index is 4.54. The molecule has 1 aromatic rings. The Morgan fingerprint density at radius 1 is 1.11 bits per heavy atom. The van der Waals surface area contributed by atoms with Crippen molar-refractivity contribution in [3.8, 4) is 0 Å². The molecule has 0 amide bonds. The van der Waals surface area contributed by atoms with E-state index in [-0.39, 0.29) is 0 Å². The first kappa shape index (κ1) is 13.1. The van der Waals surface area contributed by atoms with E-state index in [1.807, 2.05) is 0 Å². The summed E-state index contributed by atoms with van der Waals surface area (Å²) in [6.07, 6.45) is 0.960. The minimum atomic E-state index is 0.570. The minimum Gasteiger partial charge on any atom is -0.372 e. The maximum atomic E-state index is 4.54. The molecule has 1 N–H and O–H groups in total. The topological polar surface area (TPSA) is 24.4 Å². The van der Waals surface area contributed by atoms with Crippen molar-refractivity contribution < 1.29 is 0 Å². The van der Waals surface area contributed by atoms with Gasteiger partial charge in [0, 0.05) is 13.0 Å². The van der Waals surface area contributed by atoms with E-state index in [1.54, 1.807) is 0 Å². The summed E-state index contributed by atoms with van der Waals surface area (Å²) >= 11 is 0. The molecular formula is C16H24N2. The normalized spacial score (nSPS) is 15.1. The highest BCUT2D eigenvalue weighted by Gasteiger charge is 2.16. The van der Waals surface area contributed by atoms with Gasteiger partial charge in [-0.2, -0.15) is 0 Å². The van der Waals surface area contributed by atoms with E-state index in [9.17, 15) is 0 Å². The number of hydrogen-bond acceptors (Lipinski definition) is 2. The molecule has 1 aromatic carbocycles. The molecule has 0 aliphatic carbocycles. The Bertz CT molecular complexity index is 418. The van der Waals surface area contributed by atoms with Gasteiger partial charge in [-0.05, 0) is 28.5 Å². The molecule has 1 aliphatic heterocycles. The third-order valence-corrected chi connectivity index (χ3v) is 3.58. The van der Waals surface area contributed by atoms with Gasteiger partial charge in [-0.25, -0.2) is 0 Å². The van der Waals surface area contributed by atoms with Crippen LogP contribution in [0.4, 0.5) is 0 Å². The van der Waals surface area contributed by atoms with Crippen LogP contribution in [0.5, 0.6) is 0 Å².